The number of aliphatic hydroxyl groups excluding tert-OH is 1. The Morgan fingerprint density at radius 1 is 0.900 bits per heavy atom. The fourth-order valence-electron chi connectivity index (χ4n) is 4.62. The van der Waals surface area contributed by atoms with Crippen LogP contribution in [0.2, 0.25) is 0 Å². The van der Waals surface area contributed by atoms with Gasteiger partial charge in [-0.05, 0) is 68.3 Å². The van der Waals surface area contributed by atoms with E-state index in [1.54, 1.807) is 48.5 Å². The number of fused-ring (bicyclic) bond motifs is 1. The molecule has 0 radical (unpaired) electrons. The summed E-state index contributed by atoms with van der Waals surface area (Å²) in [5.41, 5.74) is 1.68. The molecule has 0 aliphatic carbocycles. The summed E-state index contributed by atoms with van der Waals surface area (Å²) in [5, 5.41) is 11.8. The highest BCUT2D eigenvalue weighted by Gasteiger charge is 2.48. The van der Waals surface area contributed by atoms with Crippen molar-refractivity contribution in [2.24, 2.45) is 0 Å². The Morgan fingerprint density at radius 2 is 1.60 bits per heavy atom. The van der Waals surface area contributed by atoms with Crippen molar-refractivity contribution >= 4 is 44.1 Å². The zero-order valence-electron chi connectivity index (χ0n) is 22.5. The van der Waals surface area contributed by atoms with Gasteiger partial charge in [-0.1, -0.05) is 42.5 Å². The van der Waals surface area contributed by atoms with Gasteiger partial charge in [0, 0.05) is 5.56 Å². The van der Waals surface area contributed by atoms with Crippen LogP contribution in [-0.2, 0) is 9.59 Å². The summed E-state index contributed by atoms with van der Waals surface area (Å²) in [4.78, 5) is 33.2. The van der Waals surface area contributed by atoms with E-state index in [4.69, 9.17) is 14.2 Å². The maximum Gasteiger partial charge on any atom is 0.301 e. The molecule has 1 fully saturated rings. The van der Waals surface area contributed by atoms with Crippen molar-refractivity contribution < 1.29 is 28.9 Å². The summed E-state index contributed by atoms with van der Waals surface area (Å²) < 4.78 is 17.8. The minimum Gasteiger partial charge on any atom is -0.507 e. The van der Waals surface area contributed by atoms with Crippen molar-refractivity contribution in [1.29, 1.82) is 0 Å². The van der Waals surface area contributed by atoms with Crippen LogP contribution in [0, 0.1) is 0 Å². The summed E-state index contributed by atoms with van der Waals surface area (Å²) in [6.07, 6.45) is 0.827. The number of nitrogens with zero attached hydrogens (tertiary/aromatic N) is 2. The van der Waals surface area contributed by atoms with E-state index in [-0.39, 0.29) is 11.3 Å². The molecule has 1 N–H and O–H groups in total. The van der Waals surface area contributed by atoms with Gasteiger partial charge in [-0.25, -0.2) is 4.98 Å². The first-order valence-corrected chi connectivity index (χ1v) is 14.1. The number of hydrogen-bond donors (Lipinski definition) is 1. The molecule has 0 saturated carbocycles. The Labute approximate surface area is 236 Å². The molecule has 1 aliphatic rings. The van der Waals surface area contributed by atoms with Crippen LogP contribution < -0.4 is 19.1 Å². The van der Waals surface area contributed by atoms with Gasteiger partial charge in [0.25, 0.3) is 5.78 Å². The molecule has 9 heteroatoms. The Morgan fingerprint density at radius 3 is 2.33 bits per heavy atom. The zero-order chi connectivity index (χ0) is 28.2. The van der Waals surface area contributed by atoms with Crippen LogP contribution in [0.25, 0.3) is 16.0 Å². The van der Waals surface area contributed by atoms with Crippen LogP contribution in [-0.4, -0.2) is 41.6 Å². The maximum atomic E-state index is 13.6. The number of ketones is 1. The van der Waals surface area contributed by atoms with Gasteiger partial charge >= 0.3 is 5.91 Å². The van der Waals surface area contributed by atoms with E-state index in [9.17, 15) is 14.7 Å². The van der Waals surface area contributed by atoms with Crippen molar-refractivity contribution in [2.45, 2.75) is 33.2 Å². The van der Waals surface area contributed by atoms with Gasteiger partial charge < -0.3 is 19.3 Å². The Balaban J connectivity index is 1.65. The summed E-state index contributed by atoms with van der Waals surface area (Å²) in [6, 6.07) is 18.6. The minimum absolute atomic E-state index is 0.0175. The molecular weight excluding hydrogens is 528 g/mol. The molecule has 1 aromatic heterocycles. The predicted molar refractivity (Wildman–Crippen MR) is 155 cm³/mol. The lowest BCUT2D eigenvalue weighted by molar-refractivity contribution is -0.132. The number of anilines is 1. The first kappa shape index (κ1) is 27.2. The van der Waals surface area contributed by atoms with Crippen molar-refractivity contribution in [3.63, 3.8) is 0 Å². The topological polar surface area (TPSA) is 98.2 Å². The van der Waals surface area contributed by atoms with Gasteiger partial charge in [0.2, 0.25) is 0 Å². The molecule has 0 bridgehead atoms. The van der Waals surface area contributed by atoms with Crippen LogP contribution in [0.3, 0.4) is 0 Å². The van der Waals surface area contributed by atoms with E-state index in [2.05, 4.69) is 4.98 Å². The monoisotopic (exact) mass is 558 g/mol. The Hall–Kier alpha value is -4.37. The van der Waals surface area contributed by atoms with Gasteiger partial charge in [-0.15, -0.1) is 0 Å². The number of hydrogen-bond acceptors (Lipinski definition) is 8. The quantitative estimate of drug-likeness (QED) is 0.135. The van der Waals surface area contributed by atoms with Crippen LogP contribution in [0.1, 0.15) is 44.4 Å². The van der Waals surface area contributed by atoms with Crippen LogP contribution in [0.15, 0.2) is 72.3 Å². The van der Waals surface area contributed by atoms with Crippen molar-refractivity contribution in [3.05, 3.63) is 83.4 Å². The van der Waals surface area contributed by atoms with E-state index >= 15 is 0 Å². The van der Waals surface area contributed by atoms with Crippen LogP contribution in [0.5, 0.6) is 17.2 Å². The molecule has 206 valence electrons. The lowest BCUT2D eigenvalue weighted by Crippen LogP contribution is -2.29. The van der Waals surface area contributed by atoms with Gasteiger partial charge in [0.05, 0.1) is 41.7 Å². The highest BCUT2D eigenvalue weighted by atomic mass is 32.1. The normalized spacial score (nSPS) is 16.5. The fourth-order valence-corrected chi connectivity index (χ4v) is 5.64. The van der Waals surface area contributed by atoms with Crippen LogP contribution in [0.4, 0.5) is 5.13 Å². The molecule has 2 heterocycles. The molecule has 1 saturated heterocycles. The van der Waals surface area contributed by atoms with Crippen molar-refractivity contribution in [3.8, 4) is 17.2 Å². The lowest BCUT2D eigenvalue weighted by atomic mass is 9.95. The van der Waals surface area contributed by atoms with E-state index in [0.717, 1.165) is 11.1 Å². The van der Waals surface area contributed by atoms with E-state index in [0.29, 0.717) is 58.8 Å². The number of benzene rings is 3. The SMILES string of the molecule is CCCOc1cccc(C(O)=C2C(=O)C(=O)N(c3nc4ccc(OCC)cc4s3)C2c2ccc(OCC)cc2)c1. The van der Waals surface area contributed by atoms with E-state index in [1.807, 2.05) is 39.0 Å². The highest BCUT2D eigenvalue weighted by molar-refractivity contribution is 7.22. The number of Topliss-reactive ketones (excluding diaryl/α,β-unsaturated/α-hetero) is 1. The summed E-state index contributed by atoms with van der Waals surface area (Å²) in [6.45, 7) is 7.35. The zero-order valence-corrected chi connectivity index (χ0v) is 23.4. The van der Waals surface area contributed by atoms with Gasteiger partial charge in [0.15, 0.2) is 5.13 Å². The molecule has 40 heavy (non-hydrogen) atoms. The molecule has 8 nitrogen and oxygen atoms in total. The molecule has 1 aliphatic heterocycles. The second kappa shape index (κ2) is 11.8. The third-order valence-electron chi connectivity index (χ3n) is 6.40. The first-order valence-electron chi connectivity index (χ1n) is 13.3. The maximum absolute atomic E-state index is 13.6. The van der Waals surface area contributed by atoms with E-state index in [1.165, 1.54) is 16.2 Å². The number of carbonyl (C=O) groups excluding carboxylic acids is 2. The van der Waals surface area contributed by atoms with Crippen molar-refractivity contribution in [2.75, 3.05) is 24.7 Å². The molecule has 4 aromatic rings. The number of aliphatic hydroxyl groups is 1. The number of aromatic nitrogens is 1. The second-order valence-electron chi connectivity index (χ2n) is 9.11. The molecule has 1 atom stereocenters. The number of rotatable bonds is 10. The smallest absolute Gasteiger partial charge is 0.301 e. The molecular formula is C31H30N2O6S. The minimum atomic E-state index is -0.900. The second-order valence-corrected chi connectivity index (χ2v) is 10.1. The third-order valence-corrected chi connectivity index (χ3v) is 7.41. The standard InChI is InChI=1S/C31H30N2O6S/c1-4-16-39-22-9-7-8-20(17-22)28(34)26-27(19-10-12-21(13-11-19)37-5-2)33(30(36)29(26)35)31-32-24-15-14-23(38-6-3)18-25(24)40-31/h7-15,17-18,27,34H,4-6,16H2,1-3H3. The fraction of sp³-hybridized carbons (Fsp3) is 0.258. The van der Waals surface area contributed by atoms with Gasteiger partial charge in [0.1, 0.15) is 23.0 Å². The third kappa shape index (κ3) is 5.24. The summed E-state index contributed by atoms with van der Waals surface area (Å²) >= 11 is 1.28. The van der Waals surface area contributed by atoms with Gasteiger partial charge in [-0.3, -0.25) is 14.5 Å². The summed E-state index contributed by atoms with van der Waals surface area (Å²) in [7, 11) is 0. The average Bonchev–Trinajstić information content (AvgIpc) is 3.50. The average molecular weight is 559 g/mol. The lowest BCUT2D eigenvalue weighted by Gasteiger charge is -2.23. The molecule has 5 rings (SSSR count). The number of carbonyl (C=O) groups is 2. The Bertz CT molecular complexity index is 1580. The van der Waals surface area contributed by atoms with Gasteiger partial charge in [-0.2, -0.15) is 0 Å². The molecule has 1 unspecified atom stereocenters. The Kier molecular flexibility index (Phi) is 8.02. The van der Waals surface area contributed by atoms with Crippen molar-refractivity contribution in [1.82, 2.24) is 4.98 Å². The number of ether oxygens (including phenoxy) is 3. The largest absolute Gasteiger partial charge is 0.507 e. The van der Waals surface area contributed by atoms with Crippen LogP contribution >= 0.6 is 11.3 Å². The first-order chi connectivity index (χ1) is 19.4. The molecule has 1 amide bonds. The molecule has 3 aromatic carbocycles. The number of thiazole rings is 1. The number of amides is 1. The summed E-state index contributed by atoms with van der Waals surface area (Å²) in [5.74, 6) is 0.0943. The highest BCUT2D eigenvalue weighted by Crippen LogP contribution is 2.45. The van der Waals surface area contributed by atoms with E-state index < -0.39 is 17.7 Å². The predicted octanol–water partition coefficient (Wildman–Crippen LogP) is 6.51. The molecule has 0 spiro atoms.